The zero-order valence-electron chi connectivity index (χ0n) is 12.8. The number of thioether (sulfide) groups is 1. The molecule has 1 atom stereocenters. The highest BCUT2D eigenvalue weighted by molar-refractivity contribution is 7.99. The van der Waals surface area contributed by atoms with Crippen molar-refractivity contribution in [3.05, 3.63) is 23.9 Å². The van der Waals surface area contributed by atoms with Gasteiger partial charge in [0.2, 0.25) is 5.88 Å². The van der Waals surface area contributed by atoms with E-state index in [0.29, 0.717) is 23.5 Å². The van der Waals surface area contributed by atoms with E-state index < -0.39 is 0 Å². The monoisotopic (exact) mass is 317 g/mol. The predicted octanol–water partition coefficient (Wildman–Crippen LogP) is 3.13. The van der Waals surface area contributed by atoms with Crippen LogP contribution in [0, 0.1) is 11.3 Å². The highest BCUT2D eigenvalue weighted by atomic mass is 32.2. The Morgan fingerprint density at radius 1 is 1.18 bits per heavy atom. The van der Waals surface area contributed by atoms with Gasteiger partial charge in [-0.15, -0.1) is 0 Å². The van der Waals surface area contributed by atoms with E-state index in [1.165, 1.54) is 37.2 Å². The lowest BCUT2D eigenvalue weighted by Crippen LogP contribution is -2.44. The summed E-state index contributed by atoms with van der Waals surface area (Å²) in [7, 11) is 0. The standard InChI is InChI=1S/C17H23N3OS/c18-10-13-3-8-17(19-11-13)21-16-6-4-14(5-7-16)20-15-2-1-9-22-12-15/h3,8,11,14-16,20H,1-2,4-7,9,12H2/t14?,15-,16?/m1/s1. The van der Waals surface area contributed by atoms with Crippen LogP contribution in [0.3, 0.4) is 0 Å². The van der Waals surface area contributed by atoms with E-state index in [1.54, 1.807) is 18.3 Å². The molecule has 2 aliphatic rings. The van der Waals surface area contributed by atoms with Crippen LogP contribution in [0.15, 0.2) is 18.3 Å². The van der Waals surface area contributed by atoms with Crippen LogP contribution in [0.1, 0.15) is 44.1 Å². The fraction of sp³-hybridized carbons (Fsp3) is 0.647. The molecule has 1 aromatic rings. The zero-order valence-corrected chi connectivity index (χ0v) is 13.6. The maximum absolute atomic E-state index is 8.77. The maximum atomic E-state index is 8.77. The molecule has 1 saturated heterocycles. The largest absolute Gasteiger partial charge is 0.474 e. The number of aromatic nitrogens is 1. The fourth-order valence-electron chi connectivity index (χ4n) is 3.24. The molecule has 0 spiro atoms. The molecular weight excluding hydrogens is 294 g/mol. The van der Waals surface area contributed by atoms with Crippen LogP contribution in [0.2, 0.25) is 0 Å². The topological polar surface area (TPSA) is 57.9 Å². The van der Waals surface area contributed by atoms with E-state index in [4.69, 9.17) is 10.00 Å². The average molecular weight is 317 g/mol. The van der Waals surface area contributed by atoms with Gasteiger partial charge < -0.3 is 10.1 Å². The summed E-state index contributed by atoms with van der Waals surface area (Å²) in [6.07, 6.45) is 9.05. The van der Waals surface area contributed by atoms with Crippen LogP contribution in [0.5, 0.6) is 5.88 Å². The van der Waals surface area contributed by atoms with Crippen molar-refractivity contribution in [2.45, 2.75) is 56.7 Å². The first kappa shape index (κ1) is 15.6. The van der Waals surface area contributed by atoms with Crippen molar-refractivity contribution in [3.63, 3.8) is 0 Å². The Morgan fingerprint density at radius 3 is 2.68 bits per heavy atom. The van der Waals surface area contributed by atoms with Crippen LogP contribution < -0.4 is 10.1 Å². The molecule has 1 saturated carbocycles. The number of rotatable bonds is 4. The zero-order chi connectivity index (χ0) is 15.2. The summed E-state index contributed by atoms with van der Waals surface area (Å²) >= 11 is 2.08. The summed E-state index contributed by atoms with van der Waals surface area (Å²) in [5, 5.41) is 12.6. The van der Waals surface area contributed by atoms with Gasteiger partial charge in [0.25, 0.3) is 0 Å². The third-order valence-electron chi connectivity index (χ3n) is 4.46. The molecule has 1 N–H and O–H groups in total. The summed E-state index contributed by atoms with van der Waals surface area (Å²) in [6, 6.07) is 6.99. The minimum Gasteiger partial charge on any atom is -0.474 e. The Hall–Kier alpha value is -1.25. The summed E-state index contributed by atoms with van der Waals surface area (Å²) in [6.45, 7) is 0. The van der Waals surface area contributed by atoms with Crippen LogP contribution in [-0.2, 0) is 0 Å². The SMILES string of the molecule is N#Cc1ccc(OC2CCC(N[C@@H]3CCCSC3)CC2)nc1. The third kappa shape index (κ3) is 4.37. The fourth-order valence-corrected chi connectivity index (χ4v) is 4.32. The minimum absolute atomic E-state index is 0.263. The van der Waals surface area contributed by atoms with Gasteiger partial charge in [0.15, 0.2) is 0 Å². The molecule has 4 nitrogen and oxygen atoms in total. The number of hydrogen-bond acceptors (Lipinski definition) is 5. The van der Waals surface area contributed by atoms with Crippen molar-refractivity contribution in [2.24, 2.45) is 0 Å². The second-order valence-electron chi connectivity index (χ2n) is 6.17. The number of ether oxygens (including phenoxy) is 1. The lowest BCUT2D eigenvalue weighted by atomic mass is 9.92. The van der Waals surface area contributed by atoms with Gasteiger partial charge in [0.05, 0.1) is 5.56 Å². The maximum Gasteiger partial charge on any atom is 0.213 e. The summed E-state index contributed by atoms with van der Waals surface area (Å²) in [5.74, 6) is 3.24. The van der Waals surface area contributed by atoms with Crippen molar-refractivity contribution in [2.75, 3.05) is 11.5 Å². The van der Waals surface area contributed by atoms with Crippen LogP contribution in [0.4, 0.5) is 0 Å². The molecule has 0 unspecified atom stereocenters. The van der Waals surface area contributed by atoms with Crippen LogP contribution >= 0.6 is 11.8 Å². The lowest BCUT2D eigenvalue weighted by Gasteiger charge is -2.33. The van der Waals surface area contributed by atoms with E-state index in [-0.39, 0.29) is 6.10 Å². The molecule has 1 aromatic heterocycles. The molecule has 2 heterocycles. The van der Waals surface area contributed by atoms with Crippen molar-refractivity contribution < 1.29 is 4.74 Å². The summed E-state index contributed by atoms with van der Waals surface area (Å²) in [4.78, 5) is 4.19. The molecule has 0 amide bonds. The number of nitrogens with one attached hydrogen (secondary N) is 1. The first-order chi connectivity index (χ1) is 10.8. The number of nitrogens with zero attached hydrogens (tertiary/aromatic N) is 2. The molecule has 1 aliphatic carbocycles. The quantitative estimate of drug-likeness (QED) is 0.924. The molecular formula is C17H23N3OS. The van der Waals surface area contributed by atoms with E-state index in [2.05, 4.69) is 28.1 Å². The molecule has 0 radical (unpaired) electrons. The molecule has 3 rings (SSSR count). The van der Waals surface area contributed by atoms with Gasteiger partial charge in [0, 0.05) is 30.1 Å². The molecule has 1 aliphatic heterocycles. The first-order valence-corrected chi connectivity index (χ1v) is 9.35. The molecule has 0 aromatic carbocycles. The third-order valence-corrected chi connectivity index (χ3v) is 5.67. The Labute approximate surface area is 136 Å². The average Bonchev–Trinajstić information content (AvgIpc) is 2.58. The number of hydrogen-bond donors (Lipinski definition) is 1. The second-order valence-corrected chi connectivity index (χ2v) is 7.32. The normalized spacial score (nSPS) is 28.8. The highest BCUT2D eigenvalue weighted by Gasteiger charge is 2.25. The van der Waals surface area contributed by atoms with E-state index >= 15 is 0 Å². The highest BCUT2D eigenvalue weighted by Crippen LogP contribution is 2.25. The second kappa shape index (κ2) is 7.85. The summed E-state index contributed by atoms with van der Waals surface area (Å²) < 4.78 is 5.94. The number of nitriles is 1. The van der Waals surface area contributed by atoms with Crippen molar-refractivity contribution in [1.29, 1.82) is 5.26 Å². The van der Waals surface area contributed by atoms with Gasteiger partial charge >= 0.3 is 0 Å². The molecule has 0 bridgehead atoms. The van der Waals surface area contributed by atoms with Crippen molar-refractivity contribution >= 4 is 11.8 Å². The smallest absolute Gasteiger partial charge is 0.213 e. The van der Waals surface area contributed by atoms with Gasteiger partial charge in [-0.3, -0.25) is 0 Å². The predicted molar refractivity (Wildman–Crippen MR) is 89.1 cm³/mol. The Kier molecular flexibility index (Phi) is 5.58. The minimum atomic E-state index is 0.263. The van der Waals surface area contributed by atoms with E-state index in [1.807, 2.05) is 0 Å². The Morgan fingerprint density at radius 2 is 2.05 bits per heavy atom. The Bertz CT molecular complexity index is 500. The Balaban J connectivity index is 1.42. The van der Waals surface area contributed by atoms with E-state index in [0.717, 1.165) is 12.8 Å². The summed E-state index contributed by atoms with van der Waals surface area (Å²) in [5.41, 5.74) is 0.575. The van der Waals surface area contributed by atoms with Crippen molar-refractivity contribution in [3.8, 4) is 11.9 Å². The van der Waals surface area contributed by atoms with Gasteiger partial charge in [-0.1, -0.05) is 0 Å². The van der Waals surface area contributed by atoms with Gasteiger partial charge in [-0.05, 0) is 50.3 Å². The molecule has 22 heavy (non-hydrogen) atoms. The first-order valence-electron chi connectivity index (χ1n) is 8.20. The van der Waals surface area contributed by atoms with Crippen LogP contribution in [0.25, 0.3) is 0 Å². The molecule has 2 fully saturated rings. The van der Waals surface area contributed by atoms with E-state index in [9.17, 15) is 0 Å². The van der Waals surface area contributed by atoms with Crippen LogP contribution in [-0.4, -0.2) is 34.7 Å². The molecule has 5 heteroatoms. The molecule has 118 valence electrons. The lowest BCUT2D eigenvalue weighted by molar-refractivity contribution is 0.131. The van der Waals surface area contributed by atoms with Gasteiger partial charge in [-0.25, -0.2) is 4.98 Å². The van der Waals surface area contributed by atoms with Gasteiger partial charge in [-0.2, -0.15) is 17.0 Å². The van der Waals surface area contributed by atoms with Crippen molar-refractivity contribution in [1.82, 2.24) is 10.3 Å². The number of pyridine rings is 1. The van der Waals surface area contributed by atoms with Gasteiger partial charge in [0.1, 0.15) is 12.2 Å².